The number of nitrogens with one attached hydrogen (secondary N) is 1. The number of benzene rings is 1. The summed E-state index contributed by atoms with van der Waals surface area (Å²) in [7, 11) is 0. The minimum absolute atomic E-state index is 0.0952. The van der Waals surface area contributed by atoms with E-state index in [1.807, 2.05) is 0 Å². The Morgan fingerprint density at radius 1 is 1.40 bits per heavy atom. The first-order valence-corrected chi connectivity index (χ1v) is 8.32. The van der Waals surface area contributed by atoms with Crippen molar-refractivity contribution in [2.24, 2.45) is 11.7 Å². The highest BCUT2D eigenvalue weighted by molar-refractivity contribution is 5.97. The van der Waals surface area contributed by atoms with Crippen LogP contribution in [0.1, 0.15) is 48.9 Å². The van der Waals surface area contributed by atoms with E-state index in [9.17, 15) is 18.0 Å². The molecule has 136 valence electrons. The van der Waals surface area contributed by atoms with Gasteiger partial charge < -0.3 is 15.6 Å². The number of amides is 1. The third-order valence-corrected chi connectivity index (χ3v) is 4.48. The van der Waals surface area contributed by atoms with Gasteiger partial charge in [0.25, 0.3) is 5.91 Å². The zero-order valence-corrected chi connectivity index (χ0v) is 14.1. The van der Waals surface area contributed by atoms with Gasteiger partial charge in [-0.1, -0.05) is 0 Å². The summed E-state index contributed by atoms with van der Waals surface area (Å²) in [6.07, 6.45) is -2.48. The fourth-order valence-corrected chi connectivity index (χ4v) is 3.08. The van der Waals surface area contributed by atoms with Gasteiger partial charge in [0.1, 0.15) is 0 Å². The smallest absolute Gasteiger partial charge is 0.348 e. The molecule has 3 N–H and O–H groups in total. The number of nitrogens with zero attached hydrogens (tertiary/aromatic N) is 2. The molecule has 1 amide bonds. The second-order valence-corrected chi connectivity index (χ2v) is 6.75. The van der Waals surface area contributed by atoms with Crippen LogP contribution in [-0.2, 0) is 6.18 Å². The lowest BCUT2D eigenvalue weighted by molar-refractivity contribution is -0.147. The number of alkyl halides is 3. The number of halogens is 3. The van der Waals surface area contributed by atoms with Gasteiger partial charge in [-0.15, -0.1) is 0 Å². The van der Waals surface area contributed by atoms with E-state index in [2.05, 4.69) is 10.3 Å². The molecular formula is C17H21F3N4O. The van der Waals surface area contributed by atoms with Crippen molar-refractivity contribution in [2.75, 3.05) is 6.54 Å². The zero-order chi connectivity index (χ0) is 18.4. The van der Waals surface area contributed by atoms with Gasteiger partial charge in [-0.25, -0.2) is 4.98 Å². The molecule has 1 fully saturated rings. The largest absolute Gasteiger partial charge is 0.449 e. The third kappa shape index (κ3) is 3.49. The molecule has 1 aliphatic carbocycles. The predicted octanol–water partition coefficient (Wildman–Crippen LogP) is 3.10. The van der Waals surface area contributed by atoms with Crippen molar-refractivity contribution in [1.29, 1.82) is 0 Å². The monoisotopic (exact) mass is 354 g/mol. The van der Waals surface area contributed by atoms with Crippen LogP contribution < -0.4 is 11.1 Å². The van der Waals surface area contributed by atoms with Crippen molar-refractivity contribution < 1.29 is 18.0 Å². The molecule has 1 aromatic carbocycles. The molecule has 1 unspecified atom stereocenters. The quantitative estimate of drug-likeness (QED) is 0.867. The van der Waals surface area contributed by atoms with Gasteiger partial charge in [-0.2, -0.15) is 13.2 Å². The molecule has 1 aliphatic rings. The van der Waals surface area contributed by atoms with E-state index in [1.54, 1.807) is 13.8 Å². The highest BCUT2D eigenvalue weighted by Gasteiger charge is 2.38. The normalized spacial score (nSPS) is 16.4. The summed E-state index contributed by atoms with van der Waals surface area (Å²) in [5, 5.41) is 2.86. The summed E-state index contributed by atoms with van der Waals surface area (Å²) >= 11 is 0. The highest BCUT2D eigenvalue weighted by atomic mass is 19.4. The SMILES string of the molecule is CC(C)n1c(C(F)(F)F)nc2cc(C(=O)NC(CN)C3CC3)ccc21. The van der Waals surface area contributed by atoms with Crippen LogP contribution in [0, 0.1) is 5.92 Å². The molecule has 2 aromatic rings. The van der Waals surface area contributed by atoms with Crippen molar-refractivity contribution in [3.8, 4) is 0 Å². The van der Waals surface area contributed by atoms with Crippen molar-refractivity contribution >= 4 is 16.9 Å². The van der Waals surface area contributed by atoms with E-state index in [0.717, 1.165) is 17.4 Å². The van der Waals surface area contributed by atoms with Gasteiger partial charge >= 0.3 is 6.18 Å². The van der Waals surface area contributed by atoms with E-state index < -0.39 is 18.0 Å². The number of hydrogen-bond donors (Lipinski definition) is 2. The summed E-state index contributed by atoms with van der Waals surface area (Å²) in [5.74, 6) is -0.889. The van der Waals surface area contributed by atoms with Gasteiger partial charge in [0.15, 0.2) is 0 Å². The number of nitrogens with two attached hydrogens (primary N) is 1. The minimum Gasteiger partial charge on any atom is -0.348 e. The van der Waals surface area contributed by atoms with E-state index in [-0.39, 0.29) is 23.0 Å². The van der Waals surface area contributed by atoms with Crippen molar-refractivity contribution in [3.05, 3.63) is 29.6 Å². The van der Waals surface area contributed by atoms with Gasteiger partial charge in [-0.05, 0) is 50.8 Å². The summed E-state index contributed by atoms with van der Waals surface area (Å²) in [6, 6.07) is 3.94. The Kier molecular flexibility index (Phi) is 4.49. The lowest BCUT2D eigenvalue weighted by Crippen LogP contribution is -2.41. The van der Waals surface area contributed by atoms with Gasteiger partial charge in [0.05, 0.1) is 11.0 Å². The Bertz CT molecular complexity index is 793. The molecule has 0 radical (unpaired) electrons. The van der Waals surface area contributed by atoms with Crippen molar-refractivity contribution in [2.45, 2.75) is 44.9 Å². The molecule has 0 spiro atoms. The maximum absolute atomic E-state index is 13.2. The molecule has 1 saturated carbocycles. The van der Waals surface area contributed by atoms with Gasteiger partial charge in [0, 0.05) is 24.2 Å². The third-order valence-electron chi connectivity index (χ3n) is 4.48. The summed E-state index contributed by atoms with van der Waals surface area (Å²) in [5.41, 5.74) is 6.48. The molecule has 0 aliphatic heterocycles. The molecule has 25 heavy (non-hydrogen) atoms. The first-order valence-electron chi connectivity index (χ1n) is 8.32. The number of fused-ring (bicyclic) bond motifs is 1. The van der Waals surface area contributed by atoms with Gasteiger partial charge in [0.2, 0.25) is 5.82 Å². The number of imidazole rings is 1. The number of hydrogen-bond acceptors (Lipinski definition) is 3. The minimum atomic E-state index is -4.55. The van der Waals surface area contributed by atoms with E-state index >= 15 is 0 Å². The molecular weight excluding hydrogens is 333 g/mol. The first kappa shape index (κ1) is 17.7. The first-order chi connectivity index (χ1) is 11.7. The van der Waals surface area contributed by atoms with Crippen LogP contribution in [0.5, 0.6) is 0 Å². The number of carbonyl (C=O) groups excluding carboxylic acids is 1. The Labute approximate surface area is 143 Å². The lowest BCUT2D eigenvalue weighted by Gasteiger charge is -2.16. The second-order valence-electron chi connectivity index (χ2n) is 6.75. The highest BCUT2D eigenvalue weighted by Crippen LogP contribution is 2.34. The maximum atomic E-state index is 13.2. The molecule has 8 heteroatoms. The Morgan fingerprint density at radius 2 is 2.08 bits per heavy atom. The topological polar surface area (TPSA) is 72.9 Å². The zero-order valence-electron chi connectivity index (χ0n) is 14.1. The Balaban J connectivity index is 1.95. The summed E-state index contributed by atoms with van der Waals surface area (Å²) < 4.78 is 40.9. The van der Waals surface area contributed by atoms with Crippen LogP contribution in [0.3, 0.4) is 0 Å². The molecule has 1 heterocycles. The molecule has 5 nitrogen and oxygen atoms in total. The van der Waals surface area contributed by atoms with Crippen LogP contribution in [0.15, 0.2) is 18.2 Å². The second kappa shape index (κ2) is 6.33. The van der Waals surface area contributed by atoms with E-state index in [0.29, 0.717) is 18.0 Å². The fourth-order valence-electron chi connectivity index (χ4n) is 3.08. The predicted molar refractivity (Wildman–Crippen MR) is 88.2 cm³/mol. The standard InChI is InChI=1S/C17H21F3N4O/c1-9(2)24-14-6-5-11(7-12(14)23-16(24)17(18,19)20)15(25)22-13(8-21)10-3-4-10/h5-7,9-10,13H,3-4,8,21H2,1-2H3,(H,22,25). The molecule has 3 rings (SSSR count). The molecule has 0 bridgehead atoms. The summed E-state index contributed by atoms with van der Waals surface area (Å²) in [4.78, 5) is 16.1. The average Bonchev–Trinajstić information content (AvgIpc) is 3.29. The number of rotatable bonds is 5. The van der Waals surface area contributed by atoms with Crippen LogP contribution in [0.25, 0.3) is 11.0 Å². The lowest BCUT2D eigenvalue weighted by atomic mass is 10.1. The Morgan fingerprint density at radius 3 is 2.60 bits per heavy atom. The van der Waals surface area contributed by atoms with Gasteiger partial charge in [-0.3, -0.25) is 4.79 Å². The van der Waals surface area contributed by atoms with Crippen molar-refractivity contribution in [1.82, 2.24) is 14.9 Å². The summed E-state index contributed by atoms with van der Waals surface area (Å²) in [6.45, 7) is 3.68. The number of aromatic nitrogens is 2. The van der Waals surface area contributed by atoms with Crippen molar-refractivity contribution in [3.63, 3.8) is 0 Å². The number of carbonyl (C=O) groups is 1. The van der Waals surface area contributed by atoms with E-state index in [4.69, 9.17) is 5.73 Å². The van der Waals surface area contributed by atoms with Crippen LogP contribution >= 0.6 is 0 Å². The van der Waals surface area contributed by atoms with Crippen LogP contribution in [-0.4, -0.2) is 28.0 Å². The fraction of sp³-hybridized carbons (Fsp3) is 0.529. The van der Waals surface area contributed by atoms with Crippen LogP contribution in [0.4, 0.5) is 13.2 Å². The molecule has 1 aromatic heterocycles. The molecule has 1 atom stereocenters. The molecule has 0 saturated heterocycles. The average molecular weight is 354 g/mol. The van der Waals surface area contributed by atoms with E-state index in [1.165, 1.54) is 18.2 Å². The van der Waals surface area contributed by atoms with Crippen LogP contribution in [0.2, 0.25) is 0 Å². The Hall–Kier alpha value is -2.09. The maximum Gasteiger partial charge on any atom is 0.449 e.